The largest absolute Gasteiger partial charge is 0.338 e. The lowest BCUT2D eigenvalue weighted by atomic mass is 10.0. The molecule has 17 heavy (non-hydrogen) atoms. The van der Waals surface area contributed by atoms with Gasteiger partial charge in [0.2, 0.25) is 5.89 Å². The zero-order valence-electron chi connectivity index (χ0n) is 9.84. The molecule has 2 N–H and O–H groups in total. The maximum absolute atomic E-state index is 5.44. The van der Waals surface area contributed by atoms with Crippen molar-refractivity contribution in [1.82, 2.24) is 15.0 Å². The Balaban J connectivity index is 0.00000108. The van der Waals surface area contributed by atoms with Gasteiger partial charge in [0.25, 0.3) is 0 Å². The minimum absolute atomic E-state index is 0. The van der Waals surface area contributed by atoms with Crippen LogP contribution in [0.2, 0.25) is 0 Å². The van der Waals surface area contributed by atoms with Crippen molar-refractivity contribution in [3.63, 3.8) is 0 Å². The van der Waals surface area contributed by atoms with Crippen LogP contribution in [0.4, 0.5) is 0 Å². The highest BCUT2D eigenvalue weighted by molar-refractivity contribution is 5.85. The molecule has 2 unspecified atom stereocenters. The van der Waals surface area contributed by atoms with Crippen molar-refractivity contribution in [3.8, 4) is 0 Å². The van der Waals surface area contributed by atoms with Crippen LogP contribution in [-0.4, -0.2) is 28.1 Å². The lowest BCUT2D eigenvalue weighted by Crippen LogP contribution is -2.21. The van der Waals surface area contributed by atoms with E-state index in [0.29, 0.717) is 12.4 Å². The summed E-state index contributed by atoms with van der Waals surface area (Å²) in [7, 11) is 0. The first-order valence-electron chi connectivity index (χ1n) is 6.09. The predicted octanol–water partition coefficient (Wildman–Crippen LogP) is 1.18. The smallest absolute Gasteiger partial charge is 0.240 e. The molecule has 3 rings (SSSR count). The van der Waals surface area contributed by atoms with Gasteiger partial charge in [0.05, 0.1) is 13.1 Å². The summed E-state index contributed by atoms with van der Waals surface area (Å²) in [6.07, 6.45) is 4.23. The molecule has 2 fully saturated rings. The Morgan fingerprint density at radius 3 is 2.59 bits per heavy atom. The average molecular weight is 259 g/mol. The molecule has 0 aromatic carbocycles. The van der Waals surface area contributed by atoms with Gasteiger partial charge in [-0.15, -0.1) is 12.4 Å². The first-order valence-corrected chi connectivity index (χ1v) is 6.09. The summed E-state index contributed by atoms with van der Waals surface area (Å²) in [6.45, 7) is 3.56. The van der Waals surface area contributed by atoms with E-state index in [-0.39, 0.29) is 12.4 Å². The molecule has 0 bridgehead atoms. The van der Waals surface area contributed by atoms with E-state index in [9.17, 15) is 0 Å². The van der Waals surface area contributed by atoms with Crippen molar-refractivity contribution < 1.29 is 4.52 Å². The third-order valence-electron chi connectivity index (χ3n) is 3.85. The summed E-state index contributed by atoms with van der Waals surface area (Å²) in [5.74, 6) is 3.15. The highest BCUT2D eigenvalue weighted by atomic mass is 35.5. The Morgan fingerprint density at radius 2 is 2.00 bits per heavy atom. The number of hydrogen-bond donors (Lipinski definition) is 1. The highest BCUT2D eigenvalue weighted by Gasteiger charge is 2.36. The van der Waals surface area contributed by atoms with Crippen LogP contribution in [0.15, 0.2) is 4.52 Å². The Morgan fingerprint density at radius 1 is 1.29 bits per heavy atom. The molecule has 5 nitrogen and oxygen atoms in total. The van der Waals surface area contributed by atoms with Crippen molar-refractivity contribution in [1.29, 1.82) is 0 Å². The van der Waals surface area contributed by atoms with Crippen molar-refractivity contribution in [3.05, 3.63) is 11.7 Å². The minimum atomic E-state index is 0. The summed E-state index contributed by atoms with van der Waals surface area (Å²) in [5.41, 5.74) is 5.44. The maximum atomic E-state index is 5.44. The number of nitrogens with zero attached hydrogens (tertiary/aromatic N) is 3. The molecule has 2 aliphatic rings. The van der Waals surface area contributed by atoms with Crippen molar-refractivity contribution in [2.75, 3.05) is 13.1 Å². The predicted molar refractivity (Wildman–Crippen MR) is 65.5 cm³/mol. The molecule has 96 valence electrons. The van der Waals surface area contributed by atoms with Gasteiger partial charge < -0.3 is 10.3 Å². The molecule has 1 aromatic heterocycles. The molecular formula is C11H19ClN4O. The topological polar surface area (TPSA) is 68.2 Å². The Bertz CT molecular complexity index is 358. The first kappa shape index (κ1) is 12.8. The first-order chi connectivity index (χ1) is 7.85. The van der Waals surface area contributed by atoms with Gasteiger partial charge >= 0.3 is 0 Å². The number of fused-ring (bicyclic) bond motifs is 1. The minimum Gasteiger partial charge on any atom is -0.338 e. The fourth-order valence-corrected chi connectivity index (χ4v) is 3.10. The molecule has 2 heterocycles. The highest BCUT2D eigenvalue weighted by Crippen LogP contribution is 2.37. The molecule has 1 saturated carbocycles. The number of halogens is 1. The molecule has 0 spiro atoms. The van der Waals surface area contributed by atoms with Crippen LogP contribution >= 0.6 is 12.4 Å². The zero-order chi connectivity index (χ0) is 11.0. The van der Waals surface area contributed by atoms with Crippen LogP contribution in [0.3, 0.4) is 0 Å². The molecule has 1 aliphatic carbocycles. The van der Waals surface area contributed by atoms with Gasteiger partial charge in [0.1, 0.15) is 0 Å². The number of likely N-dealkylation sites (tertiary alicyclic amines) is 1. The maximum Gasteiger partial charge on any atom is 0.240 e. The third kappa shape index (κ3) is 2.61. The van der Waals surface area contributed by atoms with Crippen LogP contribution in [0.5, 0.6) is 0 Å². The molecule has 6 heteroatoms. The monoisotopic (exact) mass is 258 g/mol. The van der Waals surface area contributed by atoms with Gasteiger partial charge in [-0.3, -0.25) is 4.90 Å². The van der Waals surface area contributed by atoms with Crippen molar-refractivity contribution >= 4 is 12.4 Å². The normalized spacial score (nSPS) is 28.1. The molecule has 1 aliphatic heterocycles. The SMILES string of the molecule is Cl.NCc1nc(CN2CC3CCCC3C2)no1. The number of aromatic nitrogens is 2. The number of hydrogen-bond acceptors (Lipinski definition) is 5. The molecule has 0 amide bonds. The molecule has 1 aromatic rings. The van der Waals surface area contributed by atoms with Crippen molar-refractivity contribution in [2.24, 2.45) is 17.6 Å². The molecular weight excluding hydrogens is 240 g/mol. The second kappa shape index (κ2) is 5.33. The molecule has 0 radical (unpaired) electrons. The van der Waals surface area contributed by atoms with Gasteiger partial charge in [0.15, 0.2) is 5.82 Å². The lowest BCUT2D eigenvalue weighted by Gasteiger charge is -2.13. The van der Waals surface area contributed by atoms with Crippen LogP contribution in [0, 0.1) is 11.8 Å². The number of rotatable bonds is 3. The van der Waals surface area contributed by atoms with E-state index < -0.39 is 0 Å². The van der Waals surface area contributed by atoms with E-state index >= 15 is 0 Å². The van der Waals surface area contributed by atoms with E-state index in [1.54, 1.807) is 0 Å². The average Bonchev–Trinajstić information content (AvgIpc) is 2.92. The van der Waals surface area contributed by atoms with Gasteiger partial charge in [-0.05, 0) is 24.7 Å². The van der Waals surface area contributed by atoms with Gasteiger partial charge in [-0.25, -0.2) is 0 Å². The quantitative estimate of drug-likeness (QED) is 0.882. The summed E-state index contributed by atoms with van der Waals surface area (Å²) in [5, 5.41) is 3.94. The zero-order valence-corrected chi connectivity index (χ0v) is 10.7. The Kier molecular flexibility index (Phi) is 4.01. The third-order valence-corrected chi connectivity index (χ3v) is 3.85. The Hall–Kier alpha value is -0.650. The van der Waals surface area contributed by atoms with Crippen LogP contribution in [0.25, 0.3) is 0 Å². The van der Waals surface area contributed by atoms with E-state index in [1.807, 2.05) is 0 Å². The number of nitrogens with two attached hydrogens (primary N) is 1. The van der Waals surface area contributed by atoms with Crippen LogP contribution < -0.4 is 5.73 Å². The second-order valence-corrected chi connectivity index (χ2v) is 4.95. The van der Waals surface area contributed by atoms with Crippen LogP contribution in [-0.2, 0) is 13.1 Å². The van der Waals surface area contributed by atoms with Crippen LogP contribution in [0.1, 0.15) is 31.0 Å². The summed E-state index contributed by atoms with van der Waals surface area (Å²) in [6, 6.07) is 0. The van der Waals surface area contributed by atoms with E-state index in [0.717, 1.165) is 24.2 Å². The summed E-state index contributed by atoms with van der Waals surface area (Å²) < 4.78 is 5.01. The second-order valence-electron chi connectivity index (χ2n) is 4.95. The van der Waals surface area contributed by atoms with Crippen molar-refractivity contribution in [2.45, 2.75) is 32.4 Å². The fourth-order valence-electron chi connectivity index (χ4n) is 3.10. The van der Waals surface area contributed by atoms with Gasteiger partial charge in [-0.1, -0.05) is 11.6 Å². The van der Waals surface area contributed by atoms with E-state index in [1.165, 1.54) is 32.4 Å². The summed E-state index contributed by atoms with van der Waals surface area (Å²) >= 11 is 0. The van der Waals surface area contributed by atoms with E-state index in [2.05, 4.69) is 15.0 Å². The standard InChI is InChI=1S/C11H18N4O.ClH/c12-4-11-13-10(14-16-11)7-15-5-8-2-1-3-9(8)6-15;/h8-9H,1-7,12H2;1H. The van der Waals surface area contributed by atoms with Gasteiger partial charge in [-0.2, -0.15) is 4.98 Å². The summed E-state index contributed by atoms with van der Waals surface area (Å²) in [4.78, 5) is 6.69. The van der Waals surface area contributed by atoms with E-state index in [4.69, 9.17) is 10.3 Å². The lowest BCUT2D eigenvalue weighted by molar-refractivity contribution is 0.287. The van der Waals surface area contributed by atoms with Gasteiger partial charge in [0, 0.05) is 13.1 Å². The fraction of sp³-hybridized carbons (Fsp3) is 0.818. The Labute approximate surface area is 107 Å². The molecule has 2 atom stereocenters. The molecule has 1 saturated heterocycles.